The Hall–Kier alpha value is -3.46. The molecule has 0 aliphatic carbocycles. The summed E-state index contributed by atoms with van der Waals surface area (Å²) in [6, 6.07) is 8.40. The number of piperazine rings is 1. The molecule has 1 saturated heterocycles. The lowest BCUT2D eigenvalue weighted by Crippen LogP contribution is -2.49. The monoisotopic (exact) mass is 425 g/mol. The summed E-state index contributed by atoms with van der Waals surface area (Å²) in [5.74, 6) is -0.858. The minimum Gasteiger partial charge on any atom is -0.494 e. The molecule has 1 fully saturated rings. The van der Waals surface area contributed by atoms with Gasteiger partial charge in [0.05, 0.1) is 25.3 Å². The molecule has 1 aromatic heterocycles. The molecule has 3 aromatic rings. The van der Waals surface area contributed by atoms with Crippen LogP contribution in [0.1, 0.15) is 17.3 Å². The maximum Gasteiger partial charge on any atom is 0.316 e. The van der Waals surface area contributed by atoms with Crippen molar-refractivity contribution in [3.05, 3.63) is 47.9 Å². The molecule has 162 valence electrons. The summed E-state index contributed by atoms with van der Waals surface area (Å²) in [5.41, 5.74) is 2.09. The zero-order chi connectivity index (χ0) is 22.0. The van der Waals surface area contributed by atoms with Crippen molar-refractivity contribution < 1.29 is 18.7 Å². The second-order valence-electron chi connectivity index (χ2n) is 7.36. The standard InChI is InChI=1S/C22H24FN5O3/c1-13-12-28(9-8-24-13)18-6-5-15(20-16(18)11-25-22(27-20)31-3)21(29)26-14-4-7-19(30-2)17(23)10-14/h4-7,10-11,13,24H,8-9,12H2,1-3H3,(H,26,29). The quantitative estimate of drug-likeness (QED) is 0.650. The van der Waals surface area contributed by atoms with E-state index < -0.39 is 11.7 Å². The Morgan fingerprint density at radius 3 is 2.81 bits per heavy atom. The van der Waals surface area contributed by atoms with Crippen LogP contribution in [0.4, 0.5) is 15.8 Å². The fourth-order valence-electron chi connectivity index (χ4n) is 3.74. The second-order valence-corrected chi connectivity index (χ2v) is 7.36. The van der Waals surface area contributed by atoms with Gasteiger partial charge >= 0.3 is 6.01 Å². The first-order valence-electron chi connectivity index (χ1n) is 9.97. The van der Waals surface area contributed by atoms with E-state index in [1.54, 1.807) is 18.3 Å². The van der Waals surface area contributed by atoms with Crippen LogP contribution >= 0.6 is 0 Å². The fourth-order valence-corrected chi connectivity index (χ4v) is 3.74. The molecular formula is C22H24FN5O3. The Labute approximate surface area is 179 Å². The largest absolute Gasteiger partial charge is 0.494 e. The average Bonchev–Trinajstić information content (AvgIpc) is 2.78. The summed E-state index contributed by atoms with van der Waals surface area (Å²) in [4.78, 5) is 24.0. The number of methoxy groups -OCH3 is 2. The van der Waals surface area contributed by atoms with Gasteiger partial charge < -0.3 is 25.0 Å². The van der Waals surface area contributed by atoms with Gasteiger partial charge in [0.15, 0.2) is 11.6 Å². The van der Waals surface area contributed by atoms with Gasteiger partial charge in [-0.2, -0.15) is 4.98 Å². The van der Waals surface area contributed by atoms with E-state index in [2.05, 4.69) is 32.4 Å². The van der Waals surface area contributed by atoms with Gasteiger partial charge in [-0.1, -0.05) is 0 Å². The Bertz CT molecular complexity index is 1120. The van der Waals surface area contributed by atoms with Crippen molar-refractivity contribution >= 4 is 28.2 Å². The lowest BCUT2D eigenvalue weighted by atomic mass is 10.1. The number of carbonyl (C=O) groups is 1. The first kappa shape index (κ1) is 20.8. The lowest BCUT2D eigenvalue weighted by Gasteiger charge is -2.34. The number of nitrogens with one attached hydrogen (secondary N) is 2. The van der Waals surface area contributed by atoms with E-state index in [4.69, 9.17) is 9.47 Å². The van der Waals surface area contributed by atoms with Crippen LogP contribution in [0.25, 0.3) is 10.9 Å². The molecule has 9 heteroatoms. The van der Waals surface area contributed by atoms with Gasteiger partial charge in [0.2, 0.25) is 0 Å². The number of benzene rings is 2. The number of hydrogen-bond acceptors (Lipinski definition) is 7. The molecule has 2 aromatic carbocycles. The molecule has 31 heavy (non-hydrogen) atoms. The predicted molar refractivity (Wildman–Crippen MR) is 117 cm³/mol. The lowest BCUT2D eigenvalue weighted by molar-refractivity contribution is 0.102. The van der Waals surface area contributed by atoms with E-state index in [1.807, 2.05) is 6.07 Å². The molecule has 1 unspecified atom stereocenters. The van der Waals surface area contributed by atoms with Crippen molar-refractivity contribution in [1.82, 2.24) is 15.3 Å². The number of ether oxygens (including phenoxy) is 2. The van der Waals surface area contributed by atoms with E-state index in [0.717, 1.165) is 30.7 Å². The van der Waals surface area contributed by atoms with E-state index in [9.17, 15) is 9.18 Å². The molecule has 4 rings (SSSR count). The van der Waals surface area contributed by atoms with Crippen LogP contribution in [0.15, 0.2) is 36.5 Å². The van der Waals surface area contributed by atoms with Crippen molar-refractivity contribution in [3.8, 4) is 11.8 Å². The summed E-state index contributed by atoms with van der Waals surface area (Å²) in [7, 11) is 2.86. The van der Waals surface area contributed by atoms with Crippen LogP contribution in [0.5, 0.6) is 11.8 Å². The number of rotatable bonds is 5. The molecule has 0 bridgehead atoms. The van der Waals surface area contributed by atoms with Crippen LogP contribution in [0.2, 0.25) is 0 Å². The molecule has 0 saturated carbocycles. The van der Waals surface area contributed by atoms with Gasteiger partial charge in [-0.05, 0) is 31.2 Å². The zero-order valence-corrected chi connectivity index (χ0v) is 17.6. The minimum atomic E-state index is -0.558. The molecule has 2 N–H and O–H groups in total. The molecule has 1 atom stereocenters. The number of hydrogen-bond donors (Lipinski definition) is 2. The predicted octanol–water partition coefficient (Wildman–Crippen LogP) is 2.84. The molecule has 0 spiro atoms. The minimum absolute atomic E-state index is 0.107. The highest BCUT2D eigenvalue weighted by molar-refractivity contribution is 6.13. The molecule has 1 aliphatic heterocycles. The van der Waals surface area contributed by atoms with Gasteiger partial charge in [0.25, 0.3) is 5.91 Å². The van der Waals surface area contributed by atoms with Crippen LogP contribution in [-0.2, 0) is 0 Å². The Kier molecular flexibility index (Phi) is 5.85. The average molecular weight is 425 g/mol. The SMILES string of the molecule is COc1ncc2c(N3CCNC(C)C3)ccc(C(=O)Nc3ccc(OC)c(F)c3)c2n1. The maximum absolute atomic E-state index is 14.0. The highest BCUT2D eigenvalue weighted by atomic mass is 19.1. The molecular weight excluding hydrogens is 401 g/mol. The summed E-state index contributed by atoms with van der Waals surface area (Å²) >= 11 is 0. The Balaban J connectivity index is 1.72. The van der Waals surface area contributed by atoms with Crippen molar-refractivity contribution in [1.29, 1.82) is 0 Å². The van der Waals surface area contributed by atoms with Gasteiger partial charge in [0, 0.05) is 54.7 Å². The van der Waals surface area contributed by atoms with E-state index in [0.29, 0.717) is 22.8 Å². The summed E-state index contributed by atoms with van der Waals surface area (Å²) < 4.78 is 24.1. The zero-order valence-electron chi connectivity index (χ0n) is 17.6. The van der Waals surface area contributed by atoms with Gasteiger partial charge in [-0.3, -0.25) is 4.79 Å². The number of halogens is 1. The number of fused-ring (bicyclic) bond motifs is 1. The smallest absolute Gasteiger partial charge is 0.316 e. The van der Waals surface area contributed by atoms with Crippen molar-refractivity contribution in [2.45, 2.75) is 13.0 Å². The van der Waals surface area contributed by atoms with E-state index in [-0.39, 0.29) is 11.8 Å². The Morgan fingerprint density at radius 2 is 2.10 bits per heavy atom. The number of carbonyl (C=O) groups excluding carboxylic acids is 1. The number of anilines is 2. The maximum atomic E-state index is 14.0. The van der Waals surface area contributed by atoms with Crippen molar-refractivity contribution in [2.75, 3.05) is 44.1 Å². The highest BCUT2D eigenvalue weighted by Crippen LogP contribution is 2.30. The van der Waals surface area contributed by atoms with E-state index >= 15 is 0 Å². The summed E-state index contributed by atoms with van der Waals surface area (Å²) in [6.45, 7) is 4.66. The fraction of sp³-hybridized carbons (Fsp3) is 0.318. The van der Waals surface area contributed by atoms with Crippen LogP contribution in [0.3, 0.4) is 0 Å². The summed E-state index contributed by atoms with van der Waals surface area (Å²) in [6.07, 6.45) is 1.67. The van der Waals surface area contributed by atoms with Gasteiger partial charge in [0.1, 0.15) is 0 Å². The third kappa shape index (κ3) is 4.22. The molecule has 8 nitrogen and oxygen atoms in total. The molecule has 1 aliphatic rings. The normalized spacial score (nSPS) is 16.3. The summed E-state index contributed by atoms with van der Waals surface area (Å²) in [5, 5.41) is 6.90. The highest BCUT2D eigenvalue weighted by Gasteiger charge is 2.22. The topological polar surface area (TPSA) is 88.6 Å². The van der Waals surface area contributed by atoms with Crippen molar-refractivity contribution in [3.63, 3.8) is 0 Å². The Morgan fingerprint density at radius 1 is 1.26 bits per heavy atom. The van der Waals surface area contributed by atoms with E-state index in [1.165, 1.54) is 26.4 Å². The molecule has 2 heterocycles. The number of aromatic nitrogens is 2. The third-order valence-corrected chi connectivity index (χ3v) is 5.25. The number of amides is 1. The van der Waals surface area contributed by atoms with Crippen LogP contribution in [-0.4, -0.2) is 55.8 Å². The molecule has 0 radical (unpaired) electrons. The second kappa shape index (κ2) is 8.73. The van der Waals surface area contributed by atoms with Crippen molar-refractivity contribution in [2.24, 2.45) is 0 Å². The van der Waals surface area contributed by atoms with Gasteiger partial charge in [-0.25, -0.2) is 9.37 Å². The first-order valence-corrected chi connectivity index (χ1v) is 9.97. The first-order chi connectivity index (χ1) is 15.0. The van der Waals surface area contributed by atoms with Gasteiger partial charge in [-0.15, -0.1) is 0 Å². The van der Waals surface area contributed by atoms with Crippen LogP contribution < -0.4 is 25.0 Å². The third-order valence-electron chi connectivity index (χ3n) is 5.25. The molecule has 1 amide bonds. The van der Waals surface area contributed by atoms with Crippen LogP contribution in [0, 0.1) is 5.82 Å². The number of nitrogens with zero attached hydrogens (tertiary/aromatic N) is 3.